The average Bonchev–Trinajstić information content (AvgIpc) is 3.84. The molecule has 2 fully saturated rings. The van der Waals surface area contributed by atoms with Crippen LogP contribution < -0.4 is 20.1 Å². The molecule has 2 aliphatic carbocycles. The van der Waals surface area contributed by atoms with Gasteiger partial charge in [0.05, 0.1) is 10.0 Å². The molecule has 4 aromatic rings. The van der Waals surface area contributed by atoms with Crippen LogP contribution in [0.4, 0.5) is 8.78 Å². The van der Waals surface area contributed by atoms with Crippen LogP contribution in [0.3, 0.4) is 0 Å². The fourth-order valence-electron chi connectivity index (χ4n) is 6.60. The number of hydrogen-bond donors (Lipinski definition) is 2. The van der Waals surface area contributed by atoms with Gasteiger partial charge in [0.25, 0.3) is 0 Å². The van der Waals surface area contributed by atoms with Crippen molar-refractivity contribution in [2.45, 2.75) is 111 Å². The van der Waals surface area contributed by atoms with E-state index in [9.17, 15) is 25.6 Å². The predicted octanol–water partition coefficient (Wildman–Crippen LogP) is 8.42. The van der Waals surface area contributed by atoms with Gasteiger partial charge in [-0.3, -0.25) is 0 Å². The van der Waals surface area contributed by atoms with E-state index in [1.54, 1.807) is 10.8 Å². The summed E-state index contributed by atoms with van der Waals surface area (Å²) in [7, 11) is -7.77. The van der Waals surface area contributed by atoms with Crippen molar-refractivity contribution in [2.24, 2.45) is 0 Å². The highest BCUT2D eigenvalue weighted by Crippen LogP contribution is 2.36. The van der Waals surface area contributed by atoms with Crippen molar-refractivity contribution in [3.63, 3.8) is 0 Å². The number of sulfone groups is 2. The number of benzene rings is 2. The quantitative estimate of drug-likeness (QED) is 0.127. The van der Waals surface area contributed by atoms with Crippen LogP contribution >= 0.6 is 45.9 Å². The highest BCUT2D eigenvalue weighted by Gasteiger charge is 2.30. The van der Waals surface area contributed by atoms with E-state index in [-0.39, 0.29) is 57.3 Å². The molecule has 2 aromatic carbocycles. The molecule has 0 saturated heterocycles. The SMILES string of the molecule is CCN[C@@H]1CCCC[C@H]1Oc1cc(F)c(S(=O)(=O)Cc2nccs2)cc1Cl.CCN[C@H]1CCCC[C@@H]1Oc1cc(F)c(S(=O)(=O)Cc2nccs2)cc1Cl. The van der Waals surface area contributed by atoms with E-state index in [1.165, 1.54) is 35.1 Å². The number of rotatable bonds is 14. The van der Waals surface area contributed by atoms with Crippen molar-refractivity contribution in [1.29, 1.82) is 0 Å². The summed E-state index contributed by atoms with van der Waals surface area (Å²) >= 11 is 14.9. The summed E-state index contributed by atoms with van der Waals surface area (Å²) in [4.78, 5) is 7.05. The third-order valence-electron chi connectivity index (χ3n) is 9.13. The van der Waals surface area contributed by atoms with E-state index in [0.29, 0.717) is 10.0 Å². The first kappa shape index (κ1) is 42.7. The summed E-state index contributed by atoms with van der Waals surface area (Å²) in [6, 6.07) is 4.79. The van der Waals surface area contributed by atoms with Gasteiger partial charge in [-0.2, -0.15) is 0 Å². The minimum Gasteiger partial charge on any atom is -0.487 e. The first-order valence-corrected chi connectivity index (χ1v) is 23.6. The number of hydrogen-bond acceptors (Lipinski definition) is 12. The Bertz CT molecular complexity index is 1890. The lowest BCUT2D eigenvalue weighted by Crippen LogP contribution is -2.45. The second-order valence-corrected chi connectivity index (χ2v) is 19.7. The van der Waals surface area contributed by atoms with E-state index in [1.807, 2.05) is 13.8 Å². The Morgan fingerprint density at radius 3 is 1.43 bits per heavy atom. The smallest absolute Gasteiger partial charge is 0.187 e. The first-order chi connectivity index (χ1) is 25.8. The summed E-state index contributed by atoms with van der Waals surface area (Å²) in [5.74, 6) is -2.08. The Hall–Kier alpha value is -2.44. The lowest BCUT2D eigenvalue weighted by molar-refractivity contribution is 0.114. The fourth-order valence-corrected chi connectivity index (χ4v) is 11.8. The zero-order chi connectivity index (χ0) is 38.9. The summed E-state index contributed by atoms with van der Waals surface area (Å²) in [5, 5.41) is 11.1. The molecule has 2 N–H and O–H groups in total. The highest BCUT2D eigenvalue weighted by molar-refractivity contribution is 7.91. The molecule has 2 heterocycles. The van der Waals surface area contributed by atoms with Crippen molar-refractivity contribution < 1.29 is 35.1 Å². The predicted molar refractivity (Wildman–Crippen MR) is 210 cm³/mol. The summed E-state index contributed by atoms with van der Waals surface area (Å²) in [5.41, 5.74) is 0. The van der Waals surface area contributed by atoms with Gasteiger partial charge in [0, 0.05) is 47.4 Å². The second-order valence-electron chi connectivity index (χ2n) is 13.0. The Morgan fingerprint density at radius 1 is 0.685 bits per heavy atom. The number of ether oxygens (including phenoxy) is 2. The zero-order valence-corrected chi connectivity index (χ0v) is 34.7. The van der Waals surface area contributed by atoms with Gasteiger partial charge < -0.3 is 20.1 Å². The van der Waals surface area contributed by atoms with Crippen molar-refractivity contribution in [2.75, 3.05) is 13.1 Å². The van der Waals surface area contributed by atoms with Crippen LogP contribution in [0.2, 0.25) is 10.0 Å². The molecule has 296 valence electrons. The first-order valence-electron chi connectivity index (χ1n) is 17.8. The zero-order valence-electron chi connectivity index (χ0n) is 29.9. The Balaban J connectivity index is 0.000000208. The standard InChI is InChI=1S/2C18H22ClFN2O3S2/c2*1-2-21-14-5-3-4-6-15(14)25-16-10-13(20)17(9-12(16)19)27(23,24)11-18-22-7-8-26-18/h2*7-10,14-15,21H,2-6,11H2,1H3/t2*14-,15-/m10/s1. The molecule has 2 saturated carbocycles. The Labute approximate surface area is 333 Å². The molecule has 0 spiro atoms. The maximum Gasteiger partial charge on any atom is 0.187 e. The fraction of sp³-hybridized carbons (Fsp3) is 0.500. The lowest BCUT2D eigenvalue weighted by atomic mass is 9.92. The average molecular weight is 866 g/mol. The van der Waals surface area contributed by atoms with Crippen molar-refractivity contribution >= 4 is 65.5 Å². The van der Waals surface area contributed by atoms with Crippen LogP contribution in [0.5, 0.6) is 11.5 Å². The third-order valence-corrected chi connectivity index (χ3v) is 14.9. The van der Waals surface area contributed by atoms with Crippen molar-refractivity contribution in [3.05, 3.63) is 79.1 Å². The number of nitrogens with zero attached hydrogens (tertiary/aromatic N) is 2. The molecular formula is C36H44Cl2F2N4O6S4. The summed E-state index contributed by atoms with van der Waals surface area (Å²) < 4.78 is 91.3. The van der Waals surface area contributed by atoms with Crippen LogP contribution in [-0.4, -0.2) is 64.2 Å². The van der Waals surface area contributed by atoms with Crippen LogP contribution in [0.25, 0.3) is 0 Å². The molecule has 0 bridgehead atoms. The van der Waals surface area contributed by atoms with Crippen LogP contribution in [0.1, 0.15) is 75.2 Å². The van der Waals surface area contributed by atoms with E-state index >= 15 is 0 Å². The van der Waals surface area contributed by atoms with Gasteiger partial charge in [-0.15, -0.1) is 22.7 Å². The molecule has 0 aliphatic heterocycles. The van der Waals surface area contributed by atoms with Crippen LogP contribution in [0, 0.1) is 11.6 Å². The van der Waals surface area contributed by atoms with E-state index in [2.05, 4.69) is 20.6 Å². The number of thiazole rings is 2. The molecule has 0 unspecified atom stereocenters. The van der Waals surface area contributed by atoms with E-state index in [0.717, 1.165) is 88.7 Å². The monoisotopic (exact) mass is 864 g/mol. The number of aromatic nitrogens is 2. The highest BCUT2D eigenvalue weighted by atomic mass is 35.5. The molecule has 0 radical (unpaired) electrons. The Morgan fingerprint density at radius 2 is 1.07 bits per heavy atom. The third kappa shape index (κ3) is 11.3. The normalized spacial score (nSPS) is 20.6. The number of halogens is 4. The van der Waals surface area contributed by atoms with Gasteiger partial charge >= 0.3 is 0 Å². The molecular weight excluding hydrogens is 822 g/mol. The molecule has 6 rings (SSSR count). The van der Waals surface area contributed by atoms with Crippen LogP contribution in [0.15, 0.2) is 57.2 Å². The molecule has 10 nitrogen and oxygen atoms in total. The van der Waals surface area contributed by atoms with Crippen LogP contribution in [-0.2, 0) is 31.2 Å². The van der Waals surface area contributed by atoms with Gasteiger partial charge in [-0.1, -0.05) is 49.9 Å². The Kier molecular flexibility index (Phi) is 15.5. The lowest BCUT2D eigenvalue weighted by Gasteiger charge is -2.32. The summed E-state index contributed by atoms with van der Waals surface area (Å²) in [6.07, 6.45) is 10.8. The van der Waals surface area contributed by atoms with E-state index < -0.39 is 41.1 Å². The van der Waals surface area contributed by atoms with Gasteiger partial charge in [0.2, 0.25) is 0 Å². The van der Waals surface area contributed by atoms with Crippen molar-refractivity contribution in [1.82, 2.24) is 20.6 Å². The van der Waals surface area contributed by atoms with Gasteiger partial charge in [0.15, 0.2) is 19.7 Å². The molecule has 4 atom stereocenters. The molecule has 2 aromatic heterocycles. The molecule has 2 aliphatic rings. The van der Waals surface area contributed by atoms with Gasteiger partial charge in [0.1, 0.15) is 66.7 Å². The largest absolute Gasteiger partial charge is 0.487 e. The molecule has 18 heteroatoms. The van der Waals surface area contributed by atoms with Gasteiger partial charge in [-0.05, 0) is 63.7 Å². The number of likely N-dealkylation sites (N-methyl/N-ethyl adjacent to an activating group) is 2. The molecule has 0 amide bonds. The topological polar surface area (TPSA) is 137 Å². The van der Waals surface area contributed by atoms with E-state index in [4.69, 9.17) is 32.7 Å². The summed E-state index contributed by atoms with van der Waals surface area (Å²) in [6.45, 7) is 5.70. The molecule has 54 heavy (non-hydrogen) atoms. The second kappa shape index (κ2) is 19.6. The number of nitrogens with one attached hydrogen (secondary N) is 2. The minimum absolute atomic E-state index is 0.0925. The van der Waals surface area contributed by atoms with Crippen molar-refractivity contribution in [3.8, 4) is 11.5 Å². The minimum atomic E-state index is -3.89. The van der Waals surface area contributed by atoms with Gasteiger partial charge in [-0.25, -0.2) is 35.6 Å². The maximum atomic E-state index is 14.6. The maximum absolute atomic E-state index is 14.6.